The van der Waals surface area contributed by atoms with E-state index in [1.807, 2.05) is 41.9 Å². The first kappa shape index (κ1) is 22.9. The second-order valence-electron chi connectivity index (χ2n) is 7.55. The third-order valence-corrected chi connectivity index (χ3v) is 6.58. The highest BCUT2D eigenvalue weighted by Gasteiger charge is 2.16. The predicted octanol–water partition coefficient (Wildman–Crippen LogP) is 5.08. The van der Waals surface area contributed by atoms with E-state index >= 15 is 0 Å². The molecule has 0 radical (unpaired) electrons. The van der Waals surface area contributed by atoms with Crippen LogP contribution < -0.4 is 10.6 Å². The smallest absolute Gasteiger partial charge is 0.236 e. The van der Waals surface area contributed by atoms with Gasteiger partial charge in [0.1, 0.15) is 5.76 Å². The standard InChI is InChI=1S/C24H24N4O3S2/c1-15-19(26-23(31-15)21-6-4-12-32-21)13-22(30)28-24-27-20(14-33-24)18-9-7-17(8-10-18)5-3-11-25-16(2)29/h4,6-10,12,14H,3,5,11,13H2,1-2H3,(H,25,29)(H,27,28,30). The summed E-state index contributed by atoms with van der Waals surface area (Å²) in [4.78, 5) is 33.4. The van der Waals surface area contributed by atoms with E-state index < -0.39 is 0 Å². The fourth-order valence-corrected chi connectivity index (χ4v) is 4.66. The predicted molar refractivity (Wildman–Crippen MR) is 131 cm³/mol. The summed E-state index contributed by atoms with van der Waals surface area (Å²) < 4.78 is 5.71. The first-order valence-electron chi connectivity index (χ1n) is 10.6. The van der Waals surface area contributed by atoms with Crippen LogP contribution in [0.5, 0.6) is 0 Å². The van der Waals surface area contributed by atoms with Crippen LogP contribution in [0.2, 0.25) is 0 Å². The van der Waals surface area contributed by atoms with Crippen molar-refractivity contribution < 1.29 is 14.0 Å². The van der Waals surface area contributed by atoms with E-state index in [0.717, 1.165) is 29.0 Å². The van der Waals surface area contributed by atoms with Crippen LogP contribution in [-0.4, -0.2) is 28.3 Å². The molecule has 170 valence electrons. The third-order valence-electron chi connectivity index (χ3n) is 4.97. The number of amides is 2. The van der Waals surface area contributed by atoms with Crippen LogP contribution in [-0.2, 0) is 22.4 Å². The quantitative estimate of drug-likeness (QED) is 0.326. The number of rotatable bonds is 9. The van der Waals surface area contributed by atoms with Crippen LogP contribution in [0.15, 0.2) is 51.6 Å². The van der Waals surface area contributed by atoms with Crippen LogP contribution in [0.4, 0.5) is 5.13 Å². The molecular formula is C24H24N4O3S2. The van der Waals surface area contributed by atoms with Gasteiger partial charge in [0, 0.05) is 24.4 Å². The molecule has 4 rings (SSSR count). The Morgan fingerprint density at radius 3 is 2.64 bits per heavy atom. The Kier molecular flexibility index (Phi) is 7.31. The Bertz CT molecular complexity index is 1230. The number of hydrogen-bond acceptors (Lipinski definition) is 7. The number of carbonyl (C=O) groups is 2. The van der Waals surface area contributed by atoms with E-state index in [4.69, 9.17) is 4.42 Å². The molecule has 2 N–H and O–H groups in total. The van der Waals surface area contributed by atoms with Crippen LogP contribution in [0, 0.1) is 6.92 Å². The molecule has 0 fully saturated rings. The van der Waals surface area contributed by atoms with Crippen LogP contribution in [0.1, 0.15) is 30.4 Å². The number of aryl methyl sites for hydroxylation is 2. The normalized spacial score (nSPS) is 10.8. The number of hydrogen-bond donors (Lipinski definition) is 2. The first-order chi connectivity index (χ1) is 16.0. The summed E-state index contributed by atoms with van der Waals surface area (Å²) >= 11 is 2.94. The van der Waals surface area contributed by atoms with Crippen molar-refractivity contribution in [2.24, 2.45) is 0 Å². The maximum atomic E-state index is 12.5. The summed E-state index contributed by atoms with van der Waals surface area (Å²) in [5.41, 5.74) is 3.64. The van der Waals surface area contributed by atoms with Gasteiger partial charge in [-0.2, -0.15) is 0 Å². The fourth-order valence-electron chi connectivity index (χ4n) is 3.28. The van der Waals surface area contributed by atoms with E-state index in [2.05, 4.69) is 32.7 Å². The van der Waals surface area contributed by atoms with Crippen LogP contribution >= 0.6 is 22.7 Å². The average Bonchev–Trinajstić information content (AvgIpc) is 3.54. The lowest BCUT2D eigenvalue weighted by molar-refractivity contribution is -0.119. The number of carbonyl (C=O) groups excluding carboxylic acids is 2. The zero-order valence-electron chi connectivity index (χ0n) is 18.4. The lowest BCUT2D eigenvalue weighted by Gasteiger charge is -2.04. The number of thiophene rings is 1. The number of aromatic nitrogens is 2. The molecule has 0 spiro atoms. The Morgan fingerprint density at radius 1 is 1.09 bits per heavy atom. The maximum Gasteiger partial charge on any atom is 0.236 e. The van der Waals surface area contributed by atoms with E-state index in [1.165, 1.54) is 23.8 Å². The van der Waals surface area contributed by atoms with Gasteiger partial charge in [0.2, 0.25) is 17.7 Å². The van der Waals surface area contributed by atoms with Crippen molar-refractivity contribution in [3.05, 3.63) is 64.2 Å². The molecule has 0 atom stereocenters. The summed E-state index contributed by atoms with van der Waals surface area (Å²) in [7, 11) is 0. The number of oxazole rings is 1. The van der Waals surface area contributed by atoms with Crippen LogP contribution in [0.3, 0.4) is 0 Å². The maximum absolute atomic E-state index is 12.5. The highest BCUT2D eigenvalue weighted by atomic mass is 32.1. The molecular weight excluding hydrogens is 456 g/mol. The molecule has 4 aromatic rings. The van der Waals surface area contributed by atoms with Gasteiger partial charge in [-0.1, -0.05) is 30.3 Å². The van der Waals surface area contributed by atoms with Gasteiger partial charge >= 0.3 is 0 Å². The monoisotopic (exact) mass is 480 g/mol. The summed E-state index contributed by atoms with van der Waals surface area (Å²) in [5, 5.41) is 10.1. The van der Waals surface area contributed by atoms with Gasteiger partial charge in [0.15, 0.2) is 5.13 Å². The zero-order valence-corrected chi connectivity index (χ0v) is 20.0. The topological polar surface area (TPSA) is 97.1 Å². The van der Waals surface area contributed by atoms with Crippen LogP contribution in [0.25, 0.3) is 22.0 Å². The Balaban J connectivity index is 1.32. The molecule has 7 nitrogen and oxygen atoms in total. The molecule has 0 saturated heterocycles. The van der Waals surface area contributed by atoms with Crippen molar-refractivity contribution in [1.29, 1.82) is 0 Å². The van der Waals surface area contributed by atoms with Crippen molar-refractivity contribution in [2.75, 3.05) is 11.9 Å². The van der Waals surface area contributed by atoms with Gasteiger partial charge in [-0.25, -0.2) is 9.97 Å². The Morgan fingerprint density at radius 2 is 1.91 bits per heavy atom. The van der Waals surface area contributed by atoms with Gasteiger partial charge in [-0.15, -0.1) is 22.7 Å². The highest BCUT2D eigenvalue weighted by Crippen LogP contribution is 2.27. The van der Waals surface area contributed by atoms with Gasteiger partial charge < -0.3 is 15.1 Å². The van der Waals surface area contributed by atoms with Crippen molar-refractivity contribution in [3.63, 3.8) is 0 Å². The molecule has 0 aliphatic rings. The first-order valence-corrected chi connectivity index (χ1v) is 12.3. The molecule has 33 heavy (non-hydrogen) atoms. The number of anilines is 1. The minimum absolute atomic E-state index is 0.00364. The summed E-state index contributed by atoms with van der Waals surface area (Å²) in [6.45, 7) is 4.02. The molecule has 3 aromatic heterocycles. The van der Waals surface area contributed by atoms with E-state index in [1.54, 1.807) is 11.3 Å². The van der Waals surface area contributed by atoms with Crippen molar-refractivity contribution in [3.8, 4) is 22.0 Å². The molecule has 2 amide bonds. The number of thiazole rings is 1. The lowest BCUT2D eigenvalue weighted by Crippen LogP contribution is -2.21. The fraction of sp³-hybridized carbons (Fsp3) is 0.250. The second kappa shape index (κ2) is 10.5. The summed E-state index contributed by atoms with van der Waals surface area (Å²) in [5.74, 6) is 1.00. The Labute approximate surface area is 199 Å². The molecule has 0 aliphatic carbocycles. The summed E-state index contributed by atoms with van der Waals surface area (Å²) in [6, 6.07) is 12.1. The number of benzene rings is 1. The Hall–Kier alpha value is -3.30. The van der Waals surface area contributed by atoms with E-state index in [9.17, 15) is 9.59 Å². The average molecular weight is 481 g/mol. The van der Waals surface area contributed by atoms with Gasteiger partial charge in [0.05, 0.1) is 22.7 Å². The molecule has 0 unspecified atom stereocenters. The van der Waals surface area contributed by atoms with Gasteiger partial charge in [-0.3, -0.25) is 9.59 Å². The largest absolute Gasteiger partial charge is 0.440 e. The highest BCUT2D eigenvalue weighted by molar-refractivity contribution is 7.14. The van der Waals surface area contributed by atoms with Crippen molar-refractivity contribution in [1.82, 2.24) is 15.3 Å². The SMILES string of the molecule is CC(=O)NCCCc1ccc(-c2csc(NC(=O)Cc3nc(-c4cccs4)oc3C)n2)cc1. The van der Waals surface area contributed by atoms with E-state index in [-0.39, 0.29) is 18.2 Å². The van der Waals surface area contributed by atoms with Gasteiger partial charge in [-0.05, 0) is 36.8 Å². The molecule has 0 saturated carbocycles. The lowest BCUT2D eigenvalue weighted by atomic mass is 10.1. The minimum atomic E-state index is -0.181. The minimum Gasteiger partial charge on any atom is -0.440 e. The molecule has 0 bridgehead atoms. The number of nitrogens with one attached hydrogen (secondary N) is 2. The van der Waals surface area contributed by atoms with E-state index in [0.29, 0.717) is 29.0 Å². The number of nitrogens with zero attached hydrogens (tertiary/aromatic N) is 2. The zero-order chi connectivity index (χ0) is 23.2. The molecule has 3 heterocycles. The molecule has 0 aliphatic heterocycles. The molecule has 1 aromatic carbocycles. The van der Waals surface area contributed by atoms with Crippen molar-refractivity contribution >= 4 is 39.6 Å². The van der Waals surface area contributed by atoms with Gasteiger partial charge in [0.25, 0.3) is 0 Å². The second-order valence-corrected chi connectivity index (χ2v) is 9.35. The molecule has 9 heteroatoms. The van der Waals surface area contributed by atoms with Crippen molar-refractivity contribution in [2.45, 2.75) is 33.1 Å². The summed E-state index contributed by atoms with van der Waals surface area (Å²) in [6.07, 6.45) is 1.92. The third kappa shape index (κ3) is 6.15.